The molecule has 0 aromatic heterocycles. The van der Waals surface area contributed by atoms with Gasteiger partial charge in [0, 0.05) is 31.4 Å². The number of carbonyl (C=O) groups is 1. The second-order valence-electron chi connectivity index (χ2n) is 5.67. The van der Waals surface area contributed by atoms with Crippen LogP contribution in [0.5, 0.6) is 0 Å². The van der Waals surface area contributed by atoms with E-state index in [0.717, 1.165) is 17.7 Å². The molecule has 0 spiro atoms. The molecule has 1 aromatic carbocycles. The number of hydrogen-bond acceptors (Lipinski definition) is 2. The zero-order valence-corrected chi connectivity index (χ0v) is 13.3. The molecule has 0 heterocycles. The number of rotatable bonds is 8. The number of nitrogens with zero attached hydrogens (tertiary/aromatic N) is 1. The van der Waals surface area contributed by atoms with Gasteiger partial charge in [0.1, 0.15) is 0 Å². The highest BCUT2D eigenvalue weighted by atomic mass is 16.1. The zero-order chi connectivity index (χ0) is 15.0. The third-order valence-corrected chi connectivity index (χ3v) is 3.51. The molecule has 1 aromatic rings. The van der Waals surface area contributed by atoms with Crippen LogP contribution in [0.4, 0.5) is 5.69 Å². The van der Waals surface area contributed by atoms with Crippen molar-refractivity contribution < 1.29 is 4.79 Å². The van der Waals surface area contributed by atoms with Crippen LogP contribution in [0, 0.1) is 0 Å². The van der Waals surface area contributed by atoms with Crippen LogP contribution >= 0.6 is 0 Å². The molecule has 3 heteroatoms. The number of nitrogens with one attached hydrogen (secondary N) is 1. The maximum absolute atomic E-state index is 12.1. The van der Waals surface area contributed by atoms with E-state index < -0.39 is 0 Å². The van der Waals surface area contributed by atoms with Crippen molar-refractivity contribution in [2.24, 2.45) is 0 Å². The Bertz CT molecular complexity index is 398. The Morgan fingerprint density at radius 1 is 1.15 bits per heavy atom. The Hall–Kier alpha value is -1.51. The molecule has 0 radical (unpaired) electrons. The Labute approximate surface area is 123 Å². The minimum Gasteiger partial charge on any atom is -0.378 e. The molecule has 1 N–H and O–H groups in total. The first kappa shape index (κ1) is 16.5. The molecule has 0 aliphatic heterocycles. The SMILES string of the molecule is CCCCCCC(C)NC(=O)c1ccc(N(C)C)cc1. The van der Waals surface area contributed by atoms with Crippen molar-refractivity contribution in [2.75, 3.05) is 19.0 Å². The molecule has 0 aliphatic rings. The van der Waals surface area contributed by atoms with Crippen LogP contribution < -0.4 is 10.2 Å². The van der Waals surface area contributed by atoms with E-state index in [1.165, 1.54) is 25.7 Å². The van der Waals surface area contributed by atoms with E-state index in [1.54, 1.807) is 0 Å². The van der Waals surface area contributed by atoms with E-state index >= 15 is 0 Å². The first-order chi connectivity index (χ1) is 9.54. The highest BCUT2D eigenvalue weighted by Gasteiger charge is 2.09. The van der Waals surface area contributed by atoms with E-state index in [4.69, 9.17) is 0 Å². The lowest BCUT2D eigenvalue weighted by molar-refractivity contribution is 0.0938. The average Bonchev–Trinajstić information content (AvgIpc) is 2.43. The number of hydrogen-bond donors (Lipinski definition) is 1. The fourth-order valence-electron chi connectivity index (χ4n) is 2.17. The minimum atomic E-state index is 0.0262. The van der Waals surface area contributed by atoms with E-state index in [0.29, 0.717) is 0 Å². The molecular formula is C17H28N2O. The predicted molar refractivity (Wildman–Crippen MR) is 86.5 cm³/mol. The fourth-order valence-corrected chi connectivity index (χ4v) is 2.17. The first-order valence-corrected chi connectivity index (χ1v) is 7.62. The lowest BCUT2D eigenvalue weighted by atomic mass is 10.1. The summed E-state index contributed by atoms with van der Waals surface area (Å²) in [5.74, 6) is 0.0262. The van der Waals surface area contributed by atoms with Gasteiger partial charge < -0.3 is 10.2 Å². The number of benzene rings is 1. The molecule has 112 valence electrons. The number of unbranched alkanes of at least 4 members (excludes halogenated alkanes) is 3. The van der Waals surface area contributed by atoms with Crippen molar-refractivity contribution >= 4 is 11.6 Å². The third kappa shape index (κ3) is 5.64. The molecule has 0 saturated heterocycles. The number of anilines is 1. The van der Waals surface area contributed by atoms with E-state index in [9.17, 15) is 4.79 Å². The summed E-state index contributed by atoms with van der Waals surface area (Å²) < 4.78 is 0. The van der Waals surface area contributed by atoms with Gasteiger partial charge in [-0.15, -0.1) is 0 Å². The quantitative estimate of drug-likeness (QED) is 0.732. The molecule has 20 heavy (non-hydrogen) atoms. The smallest absolute Gasteiger partial charge is 0.251 e. The van der Waals surface area contributed by atoms with Crippen LogP contribution in [-0.2, 0) is 0 Å². The molecule has 0 fully saturated rings. The zero-order valence-electron chi connectivity index (χ0n) is 13.3. The Morgan fingerprint density at radius 3 is 2.35 bits per heavy atom. The van der Waals surface area contributed by atoms with Gasteiger partial charge in [0.2, 0.25) is 0 Å². The number of carbonyl (C=O) groups excluding carboxylic acids is 1. The van der Waals surface area contributed by atoms with Gasteiger partial charge in [0.25, 0.3) is 5.91 Å². The van der Waals surface area contributed by atoms with Crippen LogP contribution in [0.2, 0.25) is 0 Å². The second-order valence-corrected chi connectivity index (χ2v) is 5.67. The molecular weight excluding hydrogens is 248 g/mol. The van der Waals surface area contributed by atoms with Crippen LogP contribution in [0.25, 0.3) is 0 Å². The predicted octanol–water partition coefficient (Wildman–Crippen LogP) is 3.84. The first-order valence-electron chi connectivity index (χ1n) is 7.62. The van der Waals surface area contributed by atoms with Crippen LogP contribution in [0.15, 0.2) is 24.3 Å². The summed E-state index contributed by atoms with van der Waals surface area (Å²) >= 11 is 0. The molecule has 1 amide bonds. The Kier molecular flexibility index (Phi) is 7.13. The van der Waals surface area contributed by atoms with Crippen LogP contribution in [0.1, 0.15) is 56.3 Å². The topological polar surface area (TPSA) is 32.3 Å². The van der Waals surface area contributed by atoms with Crippen molar-refractivity contribution in [1.29, 1.82) is 0 Å². The van der Waals surface area contributed by atoms with Crippen molar-refractivity contribution in [3.8, 4) is 0 Å². The largest absolute Gasteiger partial charge is 0.378 e. The summed E-state index contributed by atoms with van der Waals surface area (Å²) in [6, 6.07) is 7.96. The van der Waals surface area contributed by atoms with Crippen LogP contribution in [-0.4, -0.2) is 26.0 Å². The van der Waals surface area contributed by atoms with Crippen molar-refractivity contribution in [3.05, 3.63) is 29.8 Å². The standard InChI is InChI=1S/C17H28N2O/c1-5-6-7-8-9-14(2)18-17(20)15-10-12-16(13-11-15)19(3)4/h10-14H,5-9H2,1-4H3,(H,18,20). The summed E-state index contributed by atoms with van der Waals surface area (Å²) in [5.41, 5.74) is 1.84. The summed E-state index contributed by atoms with van der Waals surface area (Å²) in [6.07, 6.45) is 6.04. The summed E-state index contributed by atoms with van der Waals surface area (Å²) in [4.78, 5) is 14.1. The van der Waals surface area contributed by atoms with Crippen molar-refractivity contribution in [1.82, 2.24) is 5.32 Å². The van der Waals surface area contributed by atoms with Gasteiger partial charge in [0.15, 0.2) is 0 Å². The van der Waals surface area contributed by atoms with E-state index in [-0.39, 0.29) is 11.9 Å². The monoisotopic (exact) mass is 276 g/mol. The maximum Gasteiger partial charge on any atom is 0.251 e. The summed E-state index contributed by atoms with van der Waals surface area (Å²) in [6.45, 7) is 4.29. The molecule has 1 atom stereocenters. The highest BCUT2D eigenvalue weighted by Crippen LogP contribution is 2.12. The van der Waals surface area contributed by atoms with Gasteiger partial charge in [0.05, 0.1) is 0 Å². The second kappa shape index (κ2) is 8.62. The number of amides is 1. The lowest BCUT2D eigenvalue weighted by Gasteiger charge is -2.15. The van der Waals surface area contributed by atoms with Crippen molar-refractivity contribution in [2.45, 2.75) is 52.0 Å². The fraction of sp³-hybridized carbons (Fsp3) is 0.588. The summed E-state index contributed by atoms with van der Waals surface area (Å²) in [5, 5.41) is 3.07. The van der Waals surface area contributed by atoms with E-state index in [1.807, 2.05) is 43.3 Å². The normalized spacial score (nSPS) is 12.0. The molecule has 0 aliphatic carbocycles. The van der Waals surface area contributed by atoms with Gasteiger partial charge in [-0.25, -0.2) is 0 Å². The van der Waals surface area contributed by atoms with Gasteiger partial charge in [-0.3, -0.25) is 4.79 Å². The summed E-state index contributed by atoms with van der Waals surface area (Å²) in [7, 11) is 3.99. The van der Waals surface area contributed by atoms with Gasteiger partial charge in [-0.1, -0.05) is 32.6 Å². The van der Waals surface area contributed by atoms with Crippen molar-refractivity contribution in [3.63, 3.8) is 0 Å². The molecule has 0 saturated carbocycles. The van der Waals surface area contributed by atoms with E-state index in [2.05, 4.69) is 19.2 Å². The molecule has 0 bridgehead atoms. The minimum absolute atomic E-state index is 0.0262. The molecule has 3 nitrogen and oxygen atoms in total. The average molecular weight is 276 g/mol. The Balaban J connectivity index is 2.41. The Morgan fingerprint density at radius 2 is 1.80 bits per heavy atom. The molecule has 1 unspecified atom stereocenters. The lowest BCUT2D eigenvalue weighted by Crippen LogP contribution is -2.32. The molecule has 1 rings (SSSR count). The van der Waals surface area contributed by atoms with Crippen LogP contribution in [0.3, 0.4) is 0 Å². The highest BCUT2D eigenvalue weighted by molar-refractivity contribution is 5.94. The van der Waals surface area contributed by atoms with Gasteiger partial charge >= 0.3 is 0 Å². The van der Waals surface area contributed by atoms with Gasteiger partial charge in [-0.2, -0.15) is 0 Å². The van der Waals surface area contributed by atoms with Gasteiger partial charge in [-0.05, 0) is 37.6 Å². The maximum atomic E-state index is 12.1. The third-order valence-electron chi connectivity index (χ3n) is 3.51.